The quantitative estimate of drug-likeness (QED) is 0.867. The smallest absolute Gasteiger partial charge is 0.132 e. The van der Waals surface area contributed by atoms with E-state index in [9.17, 15) is 0 Å². The summed E-state index contributed by atoms with van der Waals surface area (Å²) in [6.07, 6.45) is 1.77. The molecule has 0 atom stereocenters. The van der Waals surface area contributed by atoms with Crippen LogP contribution in [0.25, 0.3) is 11.3 Å². The number of allylic oxidation sites excluding steroid dienone is 1. The molecule has 3 nitrogen and oxygen atoms in total. The summed E-state index contributed by atoms with van der Waals surface area (Å²) in [5.74, 6) is 1.35. The van der Waals surface area contributed by atoms with Crippen LogP contribution < -0.4 is 5.73 Å². The Morgan fingerprint density at radius 1 is 1.39 bits per heavy atom. The molecule has 1 heterocycles. The average Bonchev–Trinajstić information content (AvgIpc) is 2.58. The van der Waals surface area contributed by atoms with Gasteiger partial charge in [0.05, 0.1) is 10.0 Å². The minimum absolute atomic E-state index is 0.539. The topological polar surface area (TPSA) is 43.8 Å². The van der Waals surface area contributed by atoms with Crippen molar-refractivity contribution in [2.75, 3.05) is 5.73 Å². The third-order valence-electron chi connectivity index (χ3n) is 2.71. The van der Waals surface area contributed by atoms with E-state index < -0.39 is 0 Å². The van der Waals surface area contributed by atoms with Crippen LogP contribution in [0.2, 0.25) is 10.0 Å². The molecule has 0 aliphatic rings. The monoisotopic (exact) mass is 281 g/mol. The maximum absolute atomic E-state index is 6.17. The number of anilines is 1. The van der Waals surface area contributed by atoms with Crippen LogP contribution in [0.5, 0.6) is 0 Å². The number of aromatic nitrogens is 2. The van der Waals surface area contributed by atoms with Crippen molar-refractivity contribution in [1.29, 1.82) is 0 Å². The van der Waals surface area contributed by atoms with E-state index in [1.807, 2.05) is 11.5 Å². The number of nitrogens with zero attached hydrogens (tertiary/aromatic N) is 2. The summed E-state index contributed by atoms with van der Waals surface area (Å²) >= 11 is 12.3. The second-order valence-electron chi connectivity index (χ2n) is 3.89. The Morgan fingerprint density at radius 2 is 2.00 bits per heavy atom. The van der Waals surface area contributed by atoms with Crippen LogP contribution in [-0.4, -0.2) is 9.55 Å². The van der Waals surface area contributed by atoms with Crippen molar-refractivity contribution < 1.29 is 0 Å². The molecular formula is C13H13Cl2N3. The van der Waals surface area contributed by atoms with Gasteiger partial charge in [0, 0.05) is 12.1 Å². The Labute approximate surface area is 116 Å². The van der Waals surface area contributed by atoms with Crippen LogP contribution in [-0.2, 0) is 6.54 Å². The van der Waals surface area contributed by atoms with Gasteiger partial charge in [-0.1, -0.05) is 35.3 Å². The number of nitrogen functional groups attached to an aromatic ring is 1. The largest absolute Gasteiger partial charge is 0.383 e. The first kappa shape index (κ1) is 13.0. The van der Waals surface area contributed by atoms with Gasteiger partial charge in [0.25, 0.3) is 0 Å². The Morgan fingerprint density at radius 3 is 2.56 bits per heavy atom. The van der Waals surface area contributed by atoms with Crippen molar-refractivity contribution >= 4 is 29.0 Å². The first-order chi connectivity index (χ1) is 8.56. The second kappa shape index (κ2) is 5.04. The summed E-state index contributed by atoms with van der Waals surface area (Å²) < 4.78 is 1.86. The summed E-state index contributed by atoms with van der Waals surface area (Å²) in [6.45, 7) is 6.19. The third-order valence-corrected chi connectivity index (χ3v) is 3.34. The minimum atomic E-state index is 0.539. The lowest BCUT2D eigenvalue weighted by Crippen LogP contribution is -2.03. The summed E-state index contributed by atoms with van der Waals surface area (Å²) in [5.41, 5.74) is 7.38. The Kier molecular flexibility index (Phi) is 3.64. The number of hydrogen-bond acceptors (Lipinski definition) is 2. The van der Waals surface area contributed by atoms with E-state index in [4.69, 9.17) is 28.9 Å². The van der Waals surface area contributed by atoms with Crippen molar-refractivity contribution in [3.05, 3.63) is 46.7 Å². The predicted molar refractivity (Wildman–Crippen MR) is 77.0 cm³/mol. The van der Waals surface area contributed by atoms with Crippen LogP contribution in [0, 0.1) is 6.92 Å². The average molecular weight is 282 g/mol. The number of nitrogens with two attached hydrogens (primary N) is 1. The highest BCUT2D eigenvalue weighted by atomic mass is 35.5. The molecule has 2 N–H and O–H groups in total. The number of hydrogen-bond donors (Lipinski definition) is 1. The zero-order chi connectivity index (χ0) is 13.3. The molecule has 1 aromatic heterocycles. The second-order valence-corrected chi connectivity index (χ2v) is 4.70. The fourth-order valence-corrected chi connectivity index (χ4v) is 2.43. The Balaban J connectivity index is 2.65. The van der Waals surface area contributed by atoms with Crippen LogP contribution >= 0.6 is 23.2 Å². The molecule has 0 saturated heterocycles. The molecule has 18 heavy (non-hydrogen) atoms. The SMILES string of the molecule is C=CCn1c(C)nc(-c2c(Cl)cccc2Cl)c1N. The van der Waals surface area contributed by atoms with Crippen molar-refractivity contribution in [3.63, 3.8) is 0 Å². The molecule has 0 aliphatic carbocycles. The van der Waals surface area contributed by atoms with Crippen LogP contribution in [0.15, 0.2) is 30.9 Å². The normalized spacial score (nSPS) is 10.6. The highest BCUT2D eigenvalue weighted by Gasteiger charge is 2.17. The molecule has 0 radical (unpaired) electrons. The Bertz CT molecular complexity index is 582. The van der Waals surface area contributed by atoms with E-state index in [2.05, 4.69) is 11.6 Å². The molecule has 0 bridgehead atoms. The molecule has 0 spiro atoms. The number of halogens is 2. The minimum Gasteiger partial charge on any atom is -0.383 e. The molecule has 2 rings (SSSR count). The lowest BCUT2D eigenvalue weighted by Gasteiger charge is -2.06. The zero-order valence-electron chi connectivity index (χ0n) is 9.95. The molecule has 0 aliphatic heterocycles. The lowest BCUT2D eigenvalue weighted by molar-refractivity contribution is 0.792. The van der Waals surface area contributed by atoms with Gasteiger partial charge in [0.2, 0.25) is 0 Å². The van der Waals surface area contributed by atoms with E-state index in [0.717, 1.165) is 5.82 Å². The predicted octanol–water partition coefficient (Wildman–Crippen LogP) is 3.93. The molecule has 94 valence electrons. The van der Waals surface area contributed by atoms with Gasteiger partial charge < -0.3 is 10.3 Å². The van der Waals surface area contributed by atoms with Crippen LogP contribution in [0.1, 0.15) is 5.82 Å². The van der Waals surface area contributed by atoms with E-state index in [0.29, 0.717) is 33.7 Å². The summed E-state index contributed by atoms with van der Waals surface area (Å²) in [6, 6.07) is 5.33. The van der Waals surface area contributed by atoms with Crippen molar-refractivity contribution in [3.8, 4) is 11.3 Å². The zero-order valence-corrected chi connectivity index (χ0v) is 11.5. The Hall–Kier alpha value is -1.45. The molecular weight excluding hydrogens is 269 g/mol. The molecule has 0 amide bonds. The first-order valence-electron chi connectivity index (χ1n) is 5.44. The number of imidazole rings is 1. The van der Waals surface area contributed by atoms with E-state index in [-0.39, 0.29) is 0 Å². The van der Waals surface area contributed by atoms with Crippen molar-refractivity contribution in [2.45, 2.75) is 13.5 Å². The van der Waals surface area contributed by atoms with Crippen LogP contribution in [0.4, 0.5) is 5.82 Å². The molecule has 0 unspecified atom stereocenters. The van der Waals surface area contributed by atoms with Gasteiger partial charge in [-0.25, -0.2) is 4.98 Å². The summed E-state index contributed by atoms with van der Waals surface area (Å²) in [7, 11) is 0. The van der Waals surface area contributed by atoms with Gasteiger partial charge in [-0.05, 0) is 19.1 Å². The highest BCUT2D eigenvalue weighted by Crippen LogP contribution is 2.37. The first-order valence-corrected chi connectivity index (χ1v) is 6.19. The van der Waals surface area contributed by atoms with Gasteiger partial charge >= 0.3 is 0 Å². The van der Waals surface area contributed by atoms with Crippen molar-refractivity contribution in [1.82, 2.24) is 9.55 Å². The maximum atomic E-state index is 6.17. The fourth-order valence-electron chi connectivity index (χ4n) is 1.85. The molecule has 1 aromatic carbocycles. The molecule has 5 heteroatoms. The van der Waals surface area contributed by atoms with Gasteiger partial charge in [0.15, 0.2) is 0 Å². The van der Waals surface area contributed by atoms with Crippen LogP contribution in [0.3, 0.4) is 0 Å². The number of benzene rings is 1. The van der Waals surface area contributed by atoms with Gasteiger partial charge in [-0.15, -0.1) is 6.58 Å². The van der Waals surface area contributed by atoms with Gasteiger partial charge in [-0.3, -0.25) is 0 Å². The maximum Gasteiger partial charge on any atom is 0.132 e. The molecule has 2 aromatic rings. The van der Waals surface area contributed by atoms with E-state index in [1.165, 1.54) is 0 Å². The highest BCUT2D eigenvalue weighted by molar-refractivity contribution is 6.39. The van der Waals surface area contributed by atoms with Gasteiger partial charge in [-0.2, -0.15) is 0 Å². The molecule has 0 saturated carbocycles. The number of rotatable bonds is 3. The van der Waals surface area contributed by atoms with E-state index in [1.54, 1.807) is 24.3 Å². The van der Waals surface area contributed by atoms with Gasteiger partial charge in [0.1, 0.15) is 17.3 Å². The van der Waals surface area contributed by atoms with Crippen molar-refractivity contribution in [2.24, 2.45) is 0 Å². The van der Waals surface area contributed by atoms with E-state index >= 15 is 0 Å². The standard InChI is InChI=1S/C13H13Cl2N3/c1-3-7-18-8(2)17-12(13(18)16)11-9(14)5-4-6-10(11)15/h3-6H,1,7,16H2,2H3. The fraction of sp³-hybridized carbons (Fsp3) is 0.154. The molecule has 0 fully saturated rings. The summed E-state index contributed by atoms with van der Waals surface area (Å²) in [4.78, 5) is 4.44. The third kappa shape index (κ3) is 2.11. The lowest BCUT2D eigenvalue weighted by atomic mass is 10.1. The summed E-state index contributed by atoms with van der Waals surface area (Å²) in [5, 5.41) is 1.08. The number of aryl methyl sites for hydroxylation is 1.